The number of halogens is 2. The van der Waals surface area contributed by atoms with Crippen molar-refractivity contribution in [2.75, 3.05) is 26.2 Å². The second-order valence-corrected chi connectivity index (χ2v) is 7.79. The van der Waals surface area contributed by atoms with Gasteiger partial charge in [0.05, 0.1) is 0 Å². The summed E-state index contributed by atoms with van der Waals surface area (Å²) >= 11 is 5.79. The molecule has 0 N–H and O–H groups in total. The van der Waals surface area contributed by atoms with Crippen molar-refractivity contribution in [1.29, 1.82) is 0 Å². The van der Waals surface area contributed by atoms with Gasteiger partial charge in [-0.2, -0.15) is 4.31 Å². The van der Waals surface area contributed by atoms with Gasteiger partial charge in [-0.15, -0.1) is 0 Å². The number of aromatic nitrogens is 1. The molecule has 0 aliphatic carbocycles. The quantitative estimate of drug-likeness (QED) is 0.760. The third kappa shape index (κ3) is 3.65. The first kappa shape index (κ1) is 17.8. The Labute approximate surface area is 149 Å². The van der Waals surface area contributed by atoms with Crippen molar-refractivity contribution in [2.24, 2.45) is 0 Å². The molecule has 3 rings (SSSR count). The molecule has 132 valence electrons. The zero-order valence-corrected chi connectivity index (χ0v) is 14.7. The molecule has 1 aromatic carbocycles. The van der Waals surface area contributed by atoms with Gasteiger partial charge in [-0.05, 0) is 24.3 Å². The maximum Gasteiger partial charge on any atom is 0.254 e. The second-order valence-electron chi connectivity index (χ2n) is 5.49. The van der Waals surface area contributed by atoms with Crippen molar-refractivity contribution in [2.45, 2.75) is 4.90 Å². The second kappa shape index (κ2) is 7.07. The van der Waals surface area contributed by atoms with Crippen LogP contribution in [0.15, 0.2) is 47.5 Å². The zero-order valence-electron chi connectivity index (χ0n) is 13.1. The summed E-state index contributed by atoms with van der Waals surface area (Å²) in [6.07, 6.45) is 1.44. The molecule has 1 aliphatic rings. The van der Waals surface area contributed by atoms with Crippen LogP contribution in [0.2, 0.25) is 5.15 Å². The standard InChI is InChI=1S/C16H15ClFN3O3S/c17-15-11-12(5-6-19-15)16(22)20-7-9-21(10-8-20)25(23,24)14-4-2-1-3-13(14)18/h1-6,11H,7-10H2. The molecule has 1 fully saturated rings. The molecule has 2 heterocycles. The molecule has 0 spiro atoms. The van der Waals surface area contributed by atoms with Gasteiger partial charge in [0.25, 0.3) is 5.91 Å². The highest BCUT2D eigenvalue weighted by molar-refractivity contribution is 7.89. The molecule has 1 saturated heterocycles. The minimum atomic E-state index is -3.92. The summed E-state index contributed by atoms with van der Waals surface area (Å²) in [4.78, 5) is 17.5. The third-order valence-electron chi connectivity index (χ3n) is 3.95. The van der Waals surface area contributed by atoms with E-state index in [-0.39, 0.29) is 42.1 Å². The van der Waals surface area contributed by atoms with E-state index in [1.54, 1.807) is 11.0 Å². The summed E-state index contributed by atoms with van der Waals surface area (Å²) < 4.78 is 40.1. The minimum absolute atomic E-state index is 0.0984. The summed E-state index contributed by atoms with van der Waals surface area (Å²) in [5.41, 5.74) is 0.394. The van der Waals surface area contributed by atoms with Gasteiger partial charge in [-0.25, -0.2) is 17.8 Å². The number of carbonyl (C=O) groups excluding carboxylic acids is 1. The van der Waals surface area contributed by atoms with Crippen molar-refractivity contribution in [3.63, 3.8) is 0 Å². The van der Waals surface area contributed by atoms with Gasteiger partial charge in [0.1, 0.15) is 15.9 Å². The predicted molar refractivity (Wildman–Crippen MR) is 90.3 cm³/mol. The van der Waals surface area contributed by atoms with Crippen LogP contribution in [0.4, 0.5) is 4.39 Å². The Morgan fingerprint density at radius 3 is 2.44 bits per heavy atom. The first-order valence-corrected chi connectivity index (χ1v) is 9.37. The Bertz CT molecular complexity index is 899. The molecular weight excluding hydrogens is 369 g/mol. The van der Waals surface area contributed by atoms with Gasteiger partial charge in [0.2, 0.25) is 10.0 Å². The van der Waals surface area contributed by atoms with E-state index in [1.807, 2.05) is 0 Å². The number of carbonyl (C=O) groups is 1. The van der Waals surface area contributed by atoms with Crippen LogP contribution in [0, 0.1) is 5.82 Å². The Morgan fingerprint density at radius 2 is 1.80 bits per heavy atom. The van der Waals surface area contributed by atoms with Crippen molar-refractivity contribution in [3.05, 3.63) is 59.1 Å². The number of sulfonamides is 1. The lowest BCUT2D eigenvalue weighted by Crippen LogP contribution is -2.50. The molecule has 1 aliphatic heterocycles. The Hall–Kier alpha value is -2.03. The fourth-order valence-electron chi connectivity index (χ4n) is 2.64. The Kier molecular flexibility index (Phi) is 5.03. The minimum Gasteiger partial charge on any atom is -0.336 e. The number of pyridine rings is 1. The summed E-state index contributed by atoms with van der Waals surface area (Å²) in [7, 11) is -3.92. The lowest BCUT2D eigenvalue weighted by molar-refractivity contribution is 0.0697. The van der Waals surface area contributed by atoms with Crippen molar-refractivity contribution < 1.29 is 17.6 Å². The highest BCUT2D eigenvalue weighted by Gasteiger charge is 2.32. The number of rotatable bonds is 3. The molecule has 0 radical (unpaired) electrons. The number of hydrogen-bond acceptors (Lipinski definition) is 4. The zero-order chi connectivity index (χ0) is 18.0. The van der Waals surface area contributed by atoms with Crippen LogP contribution in [0.1, 0.15) is 10.4 Å². The van der Waals surface area contributed by atoms with E-state index >= 15 is 0 Å². The molecule has 0 saturated carbocycles. The Balaban J connectivity index is 1.72. The fourth-order valence-corrected chi connectivity index (χ4v) is 4.30. The summed E-state index contributed by atoms with van der Waals surface area (Å²) in [6, 6.07) is 8.28. The third-order valence-corrected chi connectivity index (χ3v) is 6.09. The smallest absolute Gasteiger partial charge is 0.254 e. The first-order valence-electron chi connectivity index (χ1n) is 7.55. The average molecular weight is 384 g/mol. The Morgan fingerprint density at radius 1 is 1.12 bits per heavy atom. The highest BCUT2D eigenvalue weighted by Crippen LogP contribution is 2.21. The van der Waals surface area contributed by atoms with Crippen LogP contribution < -0.4 is 0 Å². The topological polar surface area (TPSA) is 70.6 Å². The lowest BCUT2D eigenvalue weighted by Gasteiger charge is -2.34. The molecule has 0 unspecified atom stereocenters. The van der Waals surface area contributed by atoms with Crippen molar-refractivity contribution >= 4 is 27.5 Å². The van der Waals surface area contributed by atoms with Gasteiger partial charge < -0.3 is 4.90 Å². The molecule has 9 heteroatoms. The lowest BCUT2D eigenvalue weighted by atomic mass is 10.2. The number of nitrogens with zero attached hydrogens (tertiary/aromatic N) is 3. The van der Waals surface area contributed by atoms with Crippen molar-refractivity contribution in [1.82, 2.24) is 14.2 Å². The van der Waals surface area contributed by atoms with E-state index in [2.05, 4.69) is 4.98 Å². The number of amides is 1. The van der Waals surface area contributed by atoms with Crippen LogP contribution in [0.3, 0.4) is 0 Å². The highest BCUT2D eigenvalue weighted by atomic mass is 35.5. The van der Waals surface area contributed by atoms with Gasteiger partial charge in [0.15, 0.2) is 0 Å². The maximum atomic E-state index is 13.8. The average Bonchev–Trinajstić information content (AvgIpc) is 2.61. The first-order chi connectivity index (χ1) is 11.9. The van der Waals surface area contributed by atoms with E-state index in [0.29, 0.717) is 5.56 Å². The fraction of sp³-hybridized carbons (Fsp3) is 0.250. The molecule has 2 aromatic rings. The molecular formula is C16H15ClFN3O3S. The summed E-state index contributed by atoms with van der Waals surface area (Å²) in [6.45, 7) is 0.626. The van der Waals surface area contributed by atoms with Crippen LogP contribution in [-0.2, 0) is 10.0 Å². The summed E-state index contributed by atoms with van der Waals surface area (Å²) in [5, 5.41) is 0.214. The van der Waals surface area contributed by atoms with Gasteiger partial charge in [-0.3, -0.25) is 4.79 Å². The van der Waals surface area contributed by atoms with Gasteiger partial charge in [-0.1, -0.05) is 23.7 Å². The number of hydrogen-bond donors (Lipinski definition) is 0. The van der Waals surface area contributed by atoms with E-state index in [4.69, 9.17) is 11.6 Å². The van der Waals surface area contributed by atoms with E-state index in [0.717, 1.165) is 6.07 Å². The SMILES string of the molecule is O=C(c1ccnc(Cl)c1)N1CCN(S(=O)(=O)c2ccccc2F)CC1. The molecule has 1 amide bonds. The number of benzene rings is 1. The molecule has 0 atom stereocenters. The van der Waals surface area contributed by atoms with E-state index in [1.165, 1.54) is 34.8 Å². The maximum absolute atomic E-state index is 13.8. The van der Waals surface area contributed by atoms with Crippen LogP contribution in [0.5, 0.6) is 0 Å². The molecule has 1 aromatic heterocycles. The number of piperazine rings is 1. The van der Waals surface area contributed by atoms with E-state index < -0.39 is 15.8 Å². The molecule has 25 heavy (non-hydrogen) atoms. The molecule has 0 bridgehead atoms. The van der Waals surface area contributed by atoms with Crippen molar-refractivity contribution in [3.8, 4) is 0 Å². The molecule has 6 nitrogen and oxygen atoms in total. The largest absolute Gasteiger partial charge is 0.336 e. The summed E-state index contributed by atoms with van der Waals surface area (Å²) in [5.74, 6) is -1.03. The normalized spacial score (nSPS) is 16.0. The van der Waals surface area contributed by atoms with Gasteiger partial charge >= 0.3 is 0 Å². The van der Waals surface area contributed by atoms with Crippen LogP contribution in [-0.4, -0.2) is 54.7 Å². The monoisotopic (exact) mass is 383 g/mol. The van der Waals surface area contributed by atoms with Gasteiger partial charge in [0, 0.05) is 37.9 Å². The predicted octanol–water partition coefficient (Wildman–Crippen LogP) is 2.02. The van der Waals surface area contributed by atoms with E-state index in [9.17, 15) is 17.6 Å². The van der Waals surface area contributed by atoms with Crippen LogP contribution in [0.25, 0.3) is 0 Å². The van der Waals surface area contributed by atoms with Crippen LogP contribution >= 0.6 is 11.6 Å².